The number of carbonyl (C=O) groups is 1. The van der Waals surface area contributed by atoms with Crippen molar-refractivity contribution in [3.63, 3.8) is 0 Å². The number of rotatable bonds is 4. The first-order valence-corrected chi connectivity index (χ1v) is 6.33. The number of hydrogen-bond acceptors (Lipinski definition) is 3. The molecule has 0 radical (unpaired) electrons. The number of nitrogens with one attached hydrogen (secondary N) is 1. The monoisotopic (exact) mass is 273 g/mol. The predicted molar refractivity (Wildman–Crippen MR) is 79.6 cm³/mol. The van der Waals surface area contributed by atoms with Crippen molar-refractivity contribution in [3.05, 3.63) is 66.7 Å². The van der Waals surface area contributed by atoms with E-state index < -0.39 is 18.1 Å². The number of para-hydroxylation sites is 1. The molecule has 4 heteroatoms. The summed E-state index contributed by atoms with van der Waals surface area (Å²) < 4.78 is 0. The van der Waals surface area contributed by atoms with Gasteiger partial charge in [-0.1, -0.05) is 54.6 Å². The Morgan fingerprint density at radius 1 is 0.950 bits per heavy atom. The second-order valence-corrected chi connectivity index (χ2v) is 4.22. The number of carboxylic acids is 1. The van der Waals surface area contributed by atoms with Crippen LogP contribution in [-0.2, 0) is 4.79 Å². The van der Waals surface area contributed by atoms with Crippen LogP contribution in [0.2, 0.25) is 0 Å². The fourth-order valence-corrected chi connectivity index (χ4v) is 1.49. The molecule has 0 saturated carbocycles. The van der Waals surface area contributed by atoms with Gasteiger partial charge in [0, 0.05) is 5.69 Å². The molecule has 20 heavy (non-hydrogen) atoms. The summed E-state index contributed by atoms with van der Waals surface area (Å²) in [6.07, 6.45) is -0.937. The van der Waals surface area contributed by atoms with Gasteiger partial charge in [-0.15, -0.1) is 0 Å². The molecule has 106 valence electrons. The van der Waals surface area contributed by atoms with E-state index in [0.717, 1.165) is 0 Å². The van der Waals surface area contributed by atoms with Crippen molar-refractivity contribution < 1.29 is 15.0 Å². The molecular formula is C16H19NO3. The van der Waals surface area contributed by atoms with Gasteiger partial charge in [-0.3, -0.25) is 0 Å². The Morgan fingerprint density at radius 2 is 1.35 bits per heavy atom. The Morgan fingerprint density at radius 3 is 1.70 bits per heavy atom. The van der Waals surface area contributed by atoms with Crippen molar-refractivity contribution >= 4 is 11.7 Å². The van der Waals surface area contributed by atoms with Crippen LogP contribution in [0.1, 0.15) is 6.92 Å². The third-order valence-corrected chi connectivity index (χ3v) is 2.51. The molecule has 2 atom stereocenters. The fourth-order valence-electron chi connectivity index (χ4n) is 1.49. The van der Waals surface area contributed by atoms with Crippen LogP contribution in [0.5, 0.6) is 0 Å². The van der Waals surface area contributed by atoms with Crippen molar-refractivity contribution in [1.29, 1.82) is 0 Å². The highest BCUT2D eigenvalue weighted by Gasteiger charge is 2.22. The highest BCUT2D eigenvalue weighted by atomic mass is 16.4. The first-order valence-electron chi connectivity index (χ1n) is 6.33. The number of hydrogen-bond donors (Lipinski definition) is 3. The van der Waals surface area contributed by atoms with Gasteiger partial charge in [-0.05, 0) is 19.1 Å². The number of anilines is 1. The van der Waals surface area contributed by atoms with E-state index in [2.05, 4.69) is 5.32 Å². The van der Waals surface area contributed by atoms with Crippen LogP contribution in [0.4, 0.5) is 5.69 Å². The molecule has 0 aromatic heterocycles. The first-order chi connectivity index (χ1) is 9.61. The molecule has 2 aromatic rings. The summed E-state index contributed by atoms with van der Waals surface area (Å²) >= 11 is 0. The Labute approximate surface area is 118 Å². The average molecular weight is 273 g/mol. The molecule has 0 heterocycles. The lowest BCUT2D eigenvalue weighted by Crippen LogP contribution is -2.38. The second kappa shape index (κ2) is 8.72. The number of benzene rings is 2. The van der Waals surface area contributed by atoms with Crippen molar-refractivity contribution in [2.24, 2.45) is 0 Å². The number of aliphatic hydroxyl groups excluding tert-OH is 1. The summed E-state index contributed by atoms with van der Waals surface area (Å²) in [4.78, 5) is 10.7. The largest absolute Gasteiger partial charge is 0.480 e. The maximum absolute atomic E-state index is 10.7. The topological polar surface area (TPSA) is 69.6 Å². The number of aliphatic carboxylic acids is 1. The lowest BCUT2D eigenvalue weighted by atomic mass is 10.1. The minimum Gasteiger partial charge on any atom is -0.480 e. The van der Waals surface area contributed by atoms with Crippen LogP contribution >= 0.6 is 0 Å². The van der Waals surface area contributed by atoms with Gasteiger partial charge in [0.15, 0.2) is 6.04 Å². The normalized spacial score (nSPS) is 12.5. The first kappa shape index (κ1) is 15.7. The Balaban J connectivity index is 0.000000276. The molecule has 0 bridgehead atoms. The molecule has 0 amide bonds. The van der Waals surface area contributed by atoms with Gasteiger partial charge < -0.3 is 15.5 Å². The van der Waals surface area contributed by atoms with Gasteiger partial charge in [0.2, 0.25) is 0 Å². The standard InChI is InChI=1S/C10H13NO3.C6H6/c1-7(12)9(10(13)14)11-8-5-3-2-4-6-8;1-2-4-6-5-3-1/h2-7,9,11-12H,1H3,(H,13,14);1-6H. The quantitative estimate of drug-likeness (QED) is 0.801. The molecular weight excluding hydrogens is 254 g/mol. The van der Waals surface area contributed by atoms with E-state index in [1.165, 1.54) is 6.92 Å². The van der Waals surface area contributed by atoms with Crippen LogP contribution in [0, 0.1) is 0 Å². The van der Waals surface area contributed by atoms with Gasteiger partial charge in [0.1, 0.15) is 0 Å². The lowest BCUT2D eigenvalue weighted by Gasteiger charge is -2.17. The minimum atomic E-state index is -1.07. The van der Waals surface area contributed by atoms with E-state index in [4.69, 9.17) is 5.11 Å². The highest BCUT2D eigenvalue weighted by molar-refractivity contribution is 5.78. The summed E-state index contributed by atoms with van der Waals surface area (Å²) in [5.41, 5.74) is 0.681. The van der Waals surface area contributed by atoms with Crippen LogP contribution < -0.4 is 5.32 Å². The van der Waals surface area contributed by atoms with E-state index in [9.17, 15) is 9.90 Å². The van der Waals surface area contributed by atoms with Crippen LogP contribution in [0.25, 0.3) is 0 Å². The third-order valence-electron chi connectivity index (χ3n) is 2.51. The Hall–Kier alpha value is -2.33. The lowest BCUT2D eigenvalue weighted by molar-refractivity contribution is -0.140. The van der Waals surface area contributed by atoms with E-state index in [1.54, 1.807) is 24.3 Å². The molecule has 2 rings (SSSR count). The van der Waals surface area contributed by atoms with E-state index in [-0.39, 0.29) is 0 Å². The maximum atomic E-state index is 10.7. The fraction of sp³-hybridized carbons (Fsp3) is 0.188. The summed E-state index contributed by atoms with van der Waals surface area (Å²) in [5, 5.41) is 20.7. The van der Waals surface area contributed by atoms with Crippen LogP contribution in [-0.4, -0.2) is 28.3 Å². The number of aliphatic hydroxyl groups is 1. The molecule has 0 aliphatic carbocycles. The van der Waals surface area contributed by atoms with Crippen molar-refractivity contribution in [2.45, 2.75) is 19.1 Å². The Kier molecular flexibility index (Phi) is 6.85. The zero-order valence-corrected chi connectivity index (χ0v) is 11.3. The molecule has 0 fully saturated rings. The van der Waals surface area contributed by atoms with Crippen molar-refractivity contribution in [1.82, 2.24) is 0 Å². The SMILES string of the molecule is CC(O)C(Nc1ccccc1)C(=O)O.c1ccccc1. The Bertz CT molecular complexity index is 459. The van der Waals surface area contributed by atoms with Gasteiger partial charge in [0.05, 0.1) is 6.10 Å². The second-order valence-electron chi connectivity index (χ2n) is 4.22. The van der Waals surface area contributed by atoms with E-state index >= 15 is 0 Å². The summed E-state index contributed by atoms with van der Waals surface area (Å²) in [6.45, 7) is 1.44. The van der Waals surface area contributed by atoms with Crippen LogP contribution in [0.15, 0.2) is 66.7 Å². The minimum absolute atomic E-state index is 0.681. The van der Waals surface area contributed by atoms with Crippen LogP contribution in [0.3, 0.4) is 0 Å². The van der Waals surface area contributed by atoms with E-state index in [1.807, 2.05) is 42.5 Å². The van der Waals surface area contributed by atoms with Crippen molar-refractivity contribution in [2.75, 3.05) is 5.32 Å². The van der Waals surface area contributed by atoms with Crippen molar-refractivity contribution in [3.8, 4) is 0 Å². The predicted octanol–water partition coefficient (Wildman–Crippen LogP) is 2.62. The van der Waals surface area contributed by atoms with Gasteiger partial charge in [-0.25, -0.2) is 4.79 Å². The summed E-state index contributed by atoms with van der Waals surface area (Å²) in [6, 6.07) is 19.9. The third kappa shape index (κ3) is 6.02. The molecule has 0 aliphatic rings. The zero-order valence-electron chi connectivity index (χ0n) is 11.3. The molecule has 3 N–H and O–H groups in total. The van der Waals surface area contributed by atoms with E-state index in [0.29, 0.717) is 5.69 Å². The highest BCUT2D eigenvalue weighted by Crippen LogP contribution is 2.09. The maximum Gasteiger partial charge on any atom is 0.328 e. The van der Waals surface area contributed by atoms with Gasteiger partial charge in [-0.2, -0.15) is 0 Å². The smallest absolute Gasteiger partial charge is 0.328 e. The summed E-state index contributed by atoms with van der Waals surface area (Å²) in [7, 11) is 0. The zero-order chi connectivity index (χ0) is 14.8. The number of carboxylic acid groups (broad SMARTS) is 1. The molecule has 2 unspecified atom stereocenters. The van der Waals surface area contributed by atoms with Gasteiger partial charge in [0.25, 0.3) is 0 Å². The molecule has 0 saturated heterocycles. The molecule has 0 spiro atoms. The molecule has 4 nitrogen and oxygen atoms in total. The molecule has 2 aromatic carbocycles. The average Bonchev–Trinajstić information content (AvgIpc) is 2.48. The summed E-state index contributed by atoms with van der Waals surface area (Å²) in [5.74, 6) is -1.07. The van der Waals surface area contributed by atoms with Gasteiger partial charge >= 0.3 is 5.97 Å². The molecule has 0 aliphatic heterocycles.